The van der Waals surface area contributed by atoms with E-state index in [0.717, 1.165) is 35.3 Å². The van der Waals surface area contributed by atoms with E-state index in [0.29, 0.717) is 19.0 Å². The number of nitrogens with one attached hydrogen (secondary N) is 1. The first-order chi connectivity index (χ1) is 12.8. The number of aliphatic hydroxyl groups is 1. The van der Waals surface area contributed by atoms with Crippen molar-refractivity contribution in [1.82, 2.24) is 15.1 Å². The zero-order chi connectivity index (χ0) is 17.8. The van der Waals surface area contributed by atoms with Crippen molar-refractivity contribution in [3.05, 3.63) is 65.9 Å². The normalized spacial score (nSPS) is 14.2. The molecular weight excluding hydrogens is 326 g/mol. The number of para-hydroxylation sites is 1. The van der Waals surface area contributed by atoms with Crippen LogP contribution in [0.2, 0.25) is 0 Å². The smallest absolute Gasteiger partial charge is 0.218 e. The third kappa shape index (κ3) is 3.36. The fourth-order valence-electron chi connectivity index (χ4n) is 3.14. The molecule has 0 spiro atoms. The molecule has 26 heavy (non-hydrogen) atoms. The van der Waals surface area contributed by atoms with Crippen molar-refractivity contribution in [2.75, 3.05) is 19.7 Å². The van der Waals surface area contributed by atoms with Gasteiger partial charge < -0.3 is 10.4 Å². The van der Waals surface area contributed by atoms with Crippen LogP contribution in [0.25, 0.3) is 10.9 Å². The van der Waals surface area contributed by atoms with E-state index in [1.165, 1.54) is 5.56 Å². The number of rotatable bonds is 5. The highest BCUT2D eigenvalue weighted by molar-refractivity contribution is 6.13. The number of aliphatic hydroxyl groups excluding tert-OH is 1. The highest BCUT2D eigenvalue weighted by Gasteiger charge is 2.18. The summed E-state index contributed by atoms with van der Waals surface area (Å²) in [7, 11) is 0. The lowest BCUT2D eigenvalue weighted by Crippen LogP contribution is -2.29. The lowest BCUT2D eigenvalue weighted by atomic mass is 10.1. The number of benzene rings is 2. The Morgan fingerprint density at radius 3 is 2.69 bits per heavy atom. The molecule has 2 N–H and O–H groups in total. The van der Waals surface area contributed by atoms with E-state index in [1.54, 1.807) is 0 Å². The van der Waals surface area contributed by atoms with Crippen LogP contribution in [0.4, 0.5) is 0 Å². The van der Waals surface area contributed by atoms with Crippen LogP contribution in [0.1, 0.15) is 17.7 Å². The van der Waals surface area contributed by atoms with Crippen LogP contribution in [0.5, 0.6) is 0 Å². The third-order valence-electron chi connectivity index (χ3n) is 4.35. The molecule has 3 aromatic rings. The largest absolute Gasteiger partial charge is 0.395 e. The van der Waals surface area contributed by atoms with Crippen molar-refractivity contribution >= 4 is 22.6 Å². The van der Waals surface area contributed by atoms with E-state index in [2.05, 4.69) is 39.6 Å². The first-order valence-corrected chi connectivity index (χ1v) is 8.82. The van der Waals surface area contributed by atoms with Gasteiger partial charge in [-0.3, -0.25) is 9.67 Å². The molecule has 6 heteroatoms. The van der Waals surface area contributed by atoms with Gasteiger partial charge in [-0.15, -0.1) is 0 Å². The Balaban J connectivity index is 1.72. The summed E-state index contributed by atoms with van der Waals surface area (Å²) in [6.07, 6.45) is 0.761. The minimum atomic E-state index is 0.0541. The van der Waals surface area contributed by atoms with Gasteiger partial charge in [-0.05, 0) is 11.6 Å². The Labute approximate surface area is 151 Å². The monoisotopic (exact) mass is 347 g/mol. The van der Waals surface area contributed by atoms with E-state index in [-0.39, 0.29) is 6.61 Å². The molecule has 4 rings (SSSR count). The Morgan fingerprint density at radius 2 is 1.85 bits per heavy atom. The molecule has 0 saturated carbocycles. The van der Waals surface area contributed by atoms with E-state index in [1.807, 2.05) is 35.0 Å². The topological polar surface area (TPSA) is 74.8 Å². The average Bonchev–Trinajstić information content (AvgIpc) is 3.06. The second-order valence-corrected chi connectivity index (χ2v) is 6.17. The number of aromatic nitrogens is 2. The molecule has 0 fully saturated rings. The SMILES string of the molecule is OCCNC1=NCCC(c2nn(Cc3ccccc3)c3ccccc23)=N1. The highest BCUT2D eigenvalue weighted by atomic mass is 16.3. The zero-order valence-electron chi connectivity index (χ0n) is 14.5. The van der Waals surface area contributed by atoms with Crippen LogP contribution in [0.3, 0.4) is 0 Å². The molecular formula is C20H21N5O. The van der Waals surface area contributed by atoms with Gasteiger partial charge in [0.15, 0.2) is 0 Å². The standard InChI is InChI=1S/C20H21N5O/c26-13-12-22-20-21-11-10-17(23-20)19-16-8-4-5-9-18(16)25(24-19)14-15-6-2-1-3-7-15/h1-9,26H,10-14H2,(H,21,22). The molecule has 0 aliphatic carbocycles. The van der Waals surface area contributed by atoms with Crippen molar-refractivity contribution in [2.24, 2.45) is 9.98 Å². The summed E-state index contributed by atoms with van der Waals surface area (Å²) in [5.74, 6) is 0.571. The Hall–Kier alpha value is -2.99. The number of fused-ring (bicyclic) bond motifs is 1. The molecule has 0 amide bonds. The summed E-state index contributed by atoms with van der Waals surface area (Å²) in [6.45, 7) is 1.89. The van der Waals surface area contributed by atoms with Gasteiger partial charge >= 0.3 is 0 Å². The first-order valence-electron chi connectivity index (χ1n) is 8.82. The Bertz CT molecular complexity index is 959. The van der Waals surface area contributed by atoms with Crippen molar-refractivity contribution in [2.45, 2.75) is 13.0 Å². The van der Waals surface area contributed by atoms with Crippen molar-refractivity contribution < 1.29 is 5.11 Å². The highest BCUT2D eigenvalue weighted by Crippen LogP contribution is 2.22. The predicted octanol–water partition coefficient (Wildman–Crippen LogP) is 2.22. The molecule has 1 aliphatic rings. The average molecular weight is 347 g/mol. The van der Waals surface area contributed by atoms with E-state index < -0.39 is 0 Å². The van der Waals surface area contributed by atoms with Crippen molar-refractivity contribution in [1.29, 1.82) is 0 Å². The quantitative estimate of drug-likeness (QED) is 0.743. The maximum Gasteiger partial charge on any atom is 0.218 e. The van der Waals surface area contributed by atoms with Gasteiger partial charge in [0.1, 0.15) is 5.69 Å². The van der Waals surface area contributed by atoms with Gasteiger partial charge in [0, 0.05) is 24.9 Å². The van der Waals surface area contributed by atoms with E-state index >= 15 is 0 Å². The number of hydrogen-bond acceptors (Lipinski definition) is 5. The van der Waals surface area contributed by atoms with Gasteiger partial charge in [-0.1, -0.05) is 48.5 Å². The molecule has 0 radical (unpaired) electrons. The summed E-state index contributed by atoms with van der Waals surface area (Å²) in [4.78, 5) is 9.00. The molecule has 0 bridgehead atoms. The van der Waals surface area contributed by atoms with E-state index in [9.17, 15) is 0 Å². The van der Waals surface area contributed by atoms with E-state index in [4.69, 9.17) is 10.2 Å². The molecule has 6 nitrogen and oxygen atoms in total. The lowest BCUT2D eigenvalue weighted by molar-refractivity contribution is 0.300. The maximum atomic E-state index is 8.98. The van der Waals surface area contributed by atoms with Gasteiger partial charge in [0.2, 0.25) is 5.96 Å². The van der Waals surface area contributed by atoms with Crippen LogP contribution in [-0.4, -0.2) is 46.3 Å². The molecule has 2 aromatic carbocycles. The summed E-state index contributed by atoms with van der Waals surface area (Å²) in [5, 5.41) is 18.0. The second kappa shape index (κ2) is 7.49. The molecule has 1 aromatic heterocycles. The fraction of sp³-hybridized carbons (Fsp3) is 0.250. The molecule has 132 valence electrons. The first kappa shape index (κ1) is 16.5. The zero-order valence-corrected chi connectivity index (χ0v) is 14.5. The lowest BCUT2D eigenvalue weighted by Gasteiger charge is -2.12. The number of aliphatic imine (C=N–C) groups is 2. The van der Waals surface area contributed by atoms with Gasteiger partial charge in [0.05, 0.1) is 24.4 Å². The predicted molar refractivity (Wildman–Crippen MR) is 104 cm³/mol. The maximum absolute atomic E-state index is 8.98. The van der Waals surface area contributed by atoms with Crippen LogP contribution < -0.4 is 5.32 Å². The van der Waals surface area contributed by atoms with Gasteiger partial charge in [-0.25, -0.2) is 4.99 Å². The minimum Gasteiger partial charge on any atom is -0.395 e. The molecule has 0 saturated heterocycles. The number of hydrogen-bond donors (Lipinski definition) is 2. The molecule has 0 atom stereocenters. The Kier molecular flexibility index (Phi) is 4.75. The summed E-state index contributed by atoms with van der Waals surface area (Å²) < 4.78 is 2.04. The van der Waals surface area contributed by atoms with Crippen LogP contribution in [-0.2, 0) is 6.54 Å². The second-order valence-electron chi connectivity index (χ2n) is 6.17. The summed E-state index contributed by atoms with van der Waals surface area (Å²) in [6, 6.07) is 18.6. The van der Waals surface area contributed by atoms with Crippen LogP contribution in [0.15, 0.2) is 64.6 Å². The van der Waals surface area contributed by atoms with Gasteiger partial charge in [-0.2, -0.15) is 5.10 Å². The van der Waals surface area contributed by atoms with Crippen molar-refractivity contribution in [3.8, 4) is 0 Å². The molecule has 0 unspecified atom stereocenters. The summed E-state index contributed by atoms with van der Waals surface area (Å²) >= 11 is 0. The van der Waals surface area contributed by atoms with Crippen LogP contribution >= 0.6 is 0 Å². The Morgan fingerprint density at radius 1 is 1.04 bits per heavy atom. The third-order valence-corrected chi connectivity index (χ3v) is 4.35. The molecule has 2 heterocycles. The van der Waals surface area contributed by atoms with Crippen molar-refractivity contribution in [3.63, 3.8) is 0 Å². The minimum absolute atomic E-state index is 0.0541. The number of nitrogens with zero attached hydrogens (tertiary/aromatic N) is 4. The van der Waals surface area contributed by atoms with Gasteiger partial charge in [0.25, 0.3) is 0 Å². The summed E-state index contributed by atoms with van der Waals surface area (Å²) in [5.41, 5.74) is 4.16. The molecule has 1 aliphatic heterocycles. The number of guanidine groups is 1. The fourth-order valence-corrected chi connectivity index (χ4v) is 3.14. The van der Waals surface area contributed by atoms with Crippen LogP contribution in [0, 0.1) is 0 Å².